The Morgan fingerprint density at radius 3 is 2.54 bits per heavy atom. The van der Waals surface area contributed by atoms with E-state index in [4.69, 9.17) is 5.73 Å². The molecule has 0 aliphatic rings. The third-order valence-corrected chi connectivity index (χ3v) is 5.79. The second-order valence-electron chi connectivity index (χ2n) is 8.27. The number of anilines is 1. The lowest BCUT2D eigenvalue weighted by Crippen LogP contribution is -2.32. The number of pyridine rings is 2. The molecular formula is C23H25F3N8O. The predicted octanol–water partition coefficient (Wildman–Crippen LogP) is 4.12. The fraction of sp³-hybridized carbons (Fsp3) is 0.348. The van der Waals surface area contributed by atoms with Crippen LogP contribution >= 0.6 is 0 Å². The van der Waals surface area contributed by atoms with Crippen LogP contribution in [0.3, 0.4) is 0 Å². The number of amides is 1. The van der Waals surface area contributed by atoms with Gasteiger partial charge >= 0.3 is 6.18 Å². The van der Waals surface area contributed by atoms with Crippen LogP contribution in [0.15, 0.2) is 43.0 Å². The summed E-state index contributed by atoms with van der Waals surface area (Å²) in [4.78, 5) is 20.7. The van der Waals surface area contributed by atoms with Crippen molar-refractivity contribution in [2.45, 2.75) is 51.9 Å². The van der Waals surface area contributed by atoms with E-state index in [0.29, 0.717) is 34.3 Å². The van der Waals surface area contributed by atoms with E-state index in [2.05, 4.69) is 25.5 Å². The van der Waals surface area contributed by atoms with Crippen molar-refractivity contribution in [3.05, 3.63) is 59.8 Å². The van der Waals surface area contributed by atoms with Crippen molar-refractivity contribution in [3.63, 3.8) is 0 Å². The first-order valence-corrected chi connectivity index (χ1v) is 11.1. The first-order chi connectivity index (χ1) is 16.6. The molecule has 0 fully saturated rings. The van der Waals surface area contributed by atoms with Gasteiger partial charge in [0.2, 0.25) is 5.95 Å². The second kappa shape index (κ2) is 9.35. The number of nitrogens with zero attached hydrogens (tertiary/aromatic N) is 6. The number of nitrogen functional groups attached to an aromatic ring is 1. The van der Waals surface area contributed by atoms with E-state index < -0.39 is 11.9 Å². The zero-order valence-corrected chi connectivity index (χ0v) is 19.4. The fourth-order valence-electron chi connectivity index (χ4n) is 3.73. The molecule has 0 saturated carbocycles. The highest BCUT2D eigenvalue weighted by Gasteiger charge is 2.32. The second-order valence-corrected chi connectivity index (χ2v) is 8.27. The van der Waals surface area contributed by atoms with Crippen molar-refractivity contribution >= 4 is 17.5 Å². The van der Waals surface area contributed by atoms with Gasteiger partial charge in [-0.15, -0.1) is 5.10 Å². The summed E-state index contributed by atoms with van der Waals surface area (Å²) in [6, 6.07) is 3.72. The van der Waals surface area contributed by atoms with Crippen molar-refractivity contribution in [1.82, 2.24) is 34.7 Å². The van der Waals surface area contributed by atoms with E-state index >= 15 is 0 Å². The van der Waals surface area contributed by atoms with Gasteiger partial charge in [-0.1, -0.05) is 19.9 Å². The molecule has 35 heavy (non-hydrogen) atoms. The van der Waals surface area contributed by atoms with Crippen LogP contribution < -0.4 is 11.1 Å². The number of hydrogen-bond donors (Lipinski definition) is 2. The van der Waals surface area contributed by atoms with Crippen molar-refractivity contribution in [2.24, 2.45) is 0 Å². The van der Waals surface area contributed by atoms with Crippen LogP contribution in [0.4, 0.5) is 19.1 Å². The molecule has 12 heteroatoms. The molecule has 0 aromatic carbocycles. The summed E-state index contributed by atoms with van der Waals surface area (Å²) in [5, 5.41) is 11.5. The summed E-state index contributed by atoms with van der Waals surface area (Å²) >= 11 is 0. The Balaban J connectivity index is 1.69. The minimum atomic E-state index is -4.50. The zero-order chi connectivity index (χ0) is 25.3. The molecule has 0 aliphatic heterocycles. The highest BCUT2D eigenvalue weighted by Crippen LogP contribution is 2.30. The standard InChI is InChI=1S/C23H25F3N8O/c1-4-13(3)30-21(35)17-8-15(11-34-20(17)31-22(27)32-34)16-10-29-33(12-16)18(5-2)14-6-7-19(28-9-14)23(24,25)26/h6-13,18H,4-5H2,1-3H3,(H2,27,32)(H,30,35)/t13-,18?/m0/s1. The number of fused-ring (bicyclic) bond motifs is 1. The Kier molecular flexibility index (Phi) is 6.46. The number of halogens is 3. The molecule has 4 rings (SSSR count). The third kappa shape index (κ3) is 4.96. The van der Waals surface area contributed by atoms with Gasteiger partial charge in [0.05, 0.1) is 17.8 Å². The average Bonchev–Trinajstić information content (AvgIpc) is 3.44. The number of hydrogen-bond acceptors (Lipinski definition) is 6. The molecule has 0 radical (unpaired) electrons. The Morgan fingerprint density at radius 2 is 1.91 bits per heavy atom. The SMILES string of the molecule is CCC(c1ccc(C(F)(F)F)nc1)n1cc(-c2cc(C(=O)N[C@@H](C)CC)c3nc(N)nn3c2)cn1. The Labute approximate surface area is 199 Å². The average molecular weight is 487 g/mol. The summed E-state index contributed by atoms with van der Waals surface area (Å²) in [5.74, 6) is -0.260. The molecule has 9 nitrogen and oxygen atoms in total. The number of nitrogens with one attached hydrogen (secondary N) is 1. The smallest absolute Gasteiger partial charge is 0.366 e. The van der Waals surface area contributed by atoms with Crippen LogP contribution in [0.25, 0.3) is 16.8 Å². The lowest BCUT2D eigenvalue weighted by Gasteiger charge is -2.16. The topological polar surface area (TPSA) is 116 Å². The molecule has 2 atom stereocenters. The first kappa shape index (κ1) is 24.2. The molecule has 4 aromatic rings. The third-order valence-electron chi connectivity index (χ3n) is 5.79. The van der Waals surface area contributed by atoms with Gasteiger partial charge in [-0.2, -0.15) is 23.3 Å². The number of rotatable bonds is 7. The van der Waals surface area contributed by atoms with E-state index in [1.807, 2.05) is 20.8 Å². The summed E-state index contributed by atoms with van der Waals surface area (Å²) in [6.45, 7) is 5.78. The van der Waals surface area contributed by atoms with Crippen LogP contribution in [-0.4, -0.2) is 41.3 Å². The summed E-state index contributed by atoms with van der Waals surface area (Å²) in [6.07, 6.45) is 3.15. The van der Waals surface area contributed by atoms with Crippen LogP contribution in [-0.2, 0) is 6.18 Å². The number of carbonyl (C=O) groups is 1. The van der Waals surface area contributed by atoms with E-state index in [0.717, 1.165) is 12.5 Å². The van der Waals surface area contributed by atoms with Crippen molar-refractivity contribution in [1.29, 1.82) is 0 Å². The van der Waals surface area contributed by atoms with Gasteiger partial charge in [0.15, 0.2) is 5.65 Å². The van der Waals surface area contributed by atoms with Crippen molar-refractivity contribution < 1.29 is 18.0 Å². The number of carbonyl (C=O) groups excluding carboxylic acids is 1. The maximum atomic E-state index is 12.9. The molecule has 0 aliphatic carbocycles. The van der Waals surface area contributed by atoms with Gasteiger partial charge in [-0.3, -0.25) is 14.5 Å². The van der Waals surface area contributed by atoms with E-state index in [1.165, 1.54) is 16.8 Å². The normalized spacial score (nSPS) is 13.7. The quantitative estimate of drug-likeness (QED) is 0.406. The minimum absolute atomic E-state index is 0.0307. The molecule has 0 bridgehead atoms. The highest BCUT2D eigenvalue weighted by molar-refractivity contribution is 6.01. The Hall–Kier alpha value is -3.96. The van der Waals surface area contributed by atoms with Crippen LogP contribution in [0.2, 0.25) is 0 Å². The summed E-state index contributed by atoms with van der Waals surface area (Å²) < 4.78 is 41.8. The molecule has 4 aromatic heterocycles. The van der Waals surface area contributed by atoms with Crippen LogP contribution in [0.1, 0.15) is 61.3 Å². The monoisotopic (exact) mass is 486 g/mol. The number of aromatic nitrogens is 6. The lowest BCUT2D eigenvalue weighted by molar-refractivity contribution is -0.141. The van der Waals surface area contributed by atoms with Gasteiger partial charge in [-0.05, 0) is 37.5 Å². The fourth-order valence-corrected chi connectivity index (χ4v) is 3.73. The summed E-state index contributed by atoms with van der Waals surface area (Å²) in [5.41, 5.74) is 7.43. The van der Waals surface area contributed by atoms with E-state index in [-0.39, 0.29) is 23.9 Å². The van der Waals surface area contributed by atoms with E-state index in [9.17, 15) is 18.0 Å². The summed E-state index contributed by atoms with van der Waals surface area (Å²) in [7, 11) is 0. The molecule has 0 saturated heterocycles. The Bertz CT molecular complexity index is 1340. The maximum absolute atomic E-state index is 12.9. The van der Waals surface area contributed by atoms with Gasteiger partial charge in [-0.25, -0.2) is 4.52 Å². The zero-order valence-electron chi connectivity index (χ0n) is 19.4. The number of alkyl halides is 3. The molecule has 3 N–H and O–H groups in total. The molecule has 4 heterocycles. The minimum Gasteiger partial charge on any atom is -0.366 e. The van der Waals surface area contributed by atoms with E-state index in [1.54, 1.807) is 29.3 Å². The lowest BCUT2D eigenvalue weighted by atomic mass is 10.1. The first-order valence-electron chi connectivity index (χ1n) is 11.1. The largest absolute Gasteiger partial charge is 0.433 e. The van der Waals surface area contributed by atoms with Crippen molar-refractivity contribution in [2.75, 3.05) is 5.73 Å². The van der Waals surface area contributed by atoms with Gasteiger partial charge in [0.25, 0.3) is 5.91 Å². The van der Waals surface area contributed by atoms with Gasteiger partial charge in [0.1, 0.15) is 5.69 Å². The van der Waals surface area contributed by atoms with Gasteiger partial charge in [0, 0.05) is 35.8 Å². The van der Waals surface area contributed by atoms with Crippen molar-refractivity contribution in [3.8, 4) is 11.1 Å². The molecule has 1 amide bonds. The van der Waals surface area contributed by atoms with Crippen LogP contribution in [0, 0.1) is 0 Å². The Morgan fingerprint density at radius 1 is 1.14 bits per heavy atom. The molecule has 1 unspecified atom stereocenters. The highest BCUT2D eigenvalue weighted by atomic mass is 19.4. The molecular weight excluding hydrogens is 461 g/mol. The molecule has 0 spiro atoms. The predicted molar refractivity (Wildman–Crippen MR) is 124 cm³/mol. The molecule has 184 valence electrons. The van der Waals surface area contributed by atoms with Crippen LogP contribution in [0.5, 0.6) is 0 Å². The number of nitrogens with two attached hydrogens (primary N) is 1. The van der Waals surface area contributed by atoms with Gasteiger partial charge < -0.3 is 11.1 Å². The maximum Gasteiger partial charge on any atom is 0.433 e.